The van der Waals surface area contributed by atoms with Crippen LogP contribution < -0.4 is 0 Å². The molecule has 0 aliphatic carbocycles. The highest BCUT2D eigenvalue weighted by Crippen LogP contribution is 2.32. The number of hydrogen-bond donors (Lipinski definition) is 0. The van der Waals surface area contributed by atoms with E-state index in [0.717, 1.165) is 6.42 Å². The van der Waals surface area contributed by atoms with Crippen molar-refractivity contribution in [1.82, 2.24) is 0 Å². The summed E-state index contributed by atoms with van der Waals surface area (Å²) in [5, 5.41) is 1.36. The second-order valence-electron chi connectivity index (χ2n) is 2.89. The van der Waals surface area contributed by atoms with Crippen LogP contribution in [-0.2, 0) is 6.42 Å². The second kappa shape index (κ2) is 3.87. The van der Waals surface area contributed by atoms with E-state index in [2.05, 4.69) is 63.6 Å². The Kier molecular flexibility index (Phi) is 2.95. The topological polar surface area (TPSA) is 0 Å². The summed E-state index contributed by atoms with van der Waals surface area (Å²) in [6.45, 7) is 2.20. The number of benzene rings is 1. The maximum absolute atomic E-state index is 3.54. The Balaban J connectivity index is 2.80. The van der Waals surface area contributed by atoms with Crippen molar-refractivity contribution in [2.24, 2.45) is 0 Å². The summed E-state index contributed by atoms with van der Waals surface area (Å²) < 4.78 is 3.99. The minimum Gasteiger partial charge on any atom is -0.129 e. The first-order chi connectivity index (χ1) is 6.20. The van der Waals surface area contributed by atoms with Crippen LogP contribution in [0.25, 0.3) is 10.1 Å². The van der Waals surface area contributed by atoms with E-state index in [1.165, 1.54) is 23.0 Å². The monoisotopic (exact) mass is 366 g/mol. The van der Waals surface area contributed by atoms with Gasteiger partial charge >= 0.3 is 0 Å². The number of thiophene rings is 1. The lowest BCUT2D eigenvalue weighted by molar-refractivity contribution is 1.16. The summed E-state index contributed by atoms with van der Waals surface area (Å²) in [6, 6.07) is 6.65. The van der Waals surface area contributed by atoms with E-state index in [-0.39, 0.29) is 0 Å². The zero-order chi connectivity index (χ0) is 9.42. The molecular formula is C10H8BrIS. The molecule has 0 radical (unpaired) electrons. The smallest absolute Gasteiger partial charge is 0.0666 e. The fourth-order valence-electron chi connectivity index (χ4n) is 1.42. The Hall–Kier alpha value is 0.390. The fraction of sp³-hybridized carbons (Fsp3) is 0.200. The van der Waals surface area contributed by atoms with Crippen molar-refractivity contribution in [3.05, 3.63) is 31.1 Å². The maximum atomic E-state index is 3.54. The zero-order valence-corrected chi connectivity index (χ0v) is 11.7. The molecule has 1 aromatic carbocycles. The molecule has 2 rings (SSSR count). The van der Waals surface area contributed by atoms with Gasteiger partial charge in [-0.2, -0.15) is 0 Å². The maximum Gasteiger partial charge on any atom is 0.0666 e. The normalized spacial score (nSPS) is 11.0. The lowest BCUT2D eigenvalue weighted by Gasteiger charge is -1.99. The van der Waals surface area contributed by atoms with Crippen LogP contribution >= 0.6 is 49.9 Å². The highest BCUT2D eigenvalue weighted by molar-refractivity contribution is 14.1. The largest absolute Gasteiger partial charge is 0.129 e. The van der Waals surface area contributed by atoms with Crippen molar-refractivity contribution in [2.75, 3.05) is 0 Å². The van der Waals surface area contributed by atoms with E-state index in [1.54, 1.807) is 0 Å². The van der Waals surface area contributed by atoms with Gasteiger partial charge < -0.3 is 0 Å². The standard InChI is InChI=1S/C10H8BrIS/c1-2-6-3-8(11)4-7-5-9(12)13-10(6)7/h3-5H,2H2,1H3. The van der Waals surface area contributed by atoms with Crippen molar-refractivity contribution in [3.8, 4) is 0 Å². The van der Waals surface area contributed by atoms with Gasteiger partial charge in [-0.25, -0.2) is 0 Å². The average Bonchev–Trinajstić information content (AvgIpc) is 2.43. The van der Waals surface area contributed by atoms with Crippen LogP contribution in [0.2, 0.25) is 0 Å². The van der Waals surface area contributed by atoms with Gasteiger partial charge in [0.15, 0.2) is 0 Å². The van der Waals surface area contributed by atoms with Gasteiger partial charge in [-0.1, -0.05) is 22.9 Å². The summed E-state index contributed by atoms with van der Waals surface area (Å²) in [4.78, 5) is 0. The molecule has 2 aromatic rings. The Bertz CT molecular complexity index is 447. The summed E-state index contributed by atoms with van der Waals surface area (Å²) in [7, 11) is 0. The number of hydrogen-bond acceptors (Lipinski definition) is 1. The van der Waals surface area contributed by atoms with E-state index in [9.17, 15) is 0 Å². The molecule has 0 aliphatic rings. The zero-order valence-electron chi connectivity index (χ0n) is 7.10. The van der Waals surface area contributed by atoms with Gasteiger partial charge in [0, 0.05) is 9.17 Å². The van der Waals surface area contributed by atoms with Gasteiger partial charge in [0.2, 0.25) is 0 Å². The number of aryl methyl sites for hydroxylation is 1. The molecule has 0 saturated heterocycles. The molecule has 0 bridgehead atoms. The number of rotatable bonds is 1. The van der Waals surface area contributed by atoms with Crippen molar-refractivity contribution in [3.63, 3.8) is 0 Å². The van der Waals surface area contributed by atoms with Gasteiger partial charge in [-0.05, 0) is 58.2 Å². The van der Waals surface area contributed by atoms with E-state index >= 15 is 0 Å². The van der Waals surface area contributed by atoms with E-state index in [0.29, 0.717) is 0 Å². The molecule has 0 saturated carbocycles. The van der Waals surface area contributed by atoms with E-state index < -0.39 is 0 Å². The third-order valence-corrected chi connectivity index (χ3v) is 4.45. The molecule has 0 spiro atoms. The van der Waals surface area contributed by atoms with Crippen molar-refractivity contribution < 1.29 is 0 Å². The summed E-state index contributed by atoms with van der Waals surface area (Å²) in [5.41, 5.74) is 1.44. The van der Waals surface area contributed by atoms with E-state index in [4.69, 9.17) is 0 Å². The number of fused-ring (bicyclic) bond motifs is 1. The Morgan fingerprint density at radius 2 is 2.15 bits per heavy atom. The van der Waals surface area contributed by atoms with Crippen LogP contribution in [0.15, 0.2) is 22.7 Å². The Morgan fingerprint density at radius 3 is 2.85 bits per heavy atom. The lowest BCUT2D eigenvalue weighted by atomic mass is 10.1. The van der Waals surface area contributed by atoms with Gasteiger partial charge in [-0.15, -0.1) is 11.3 Å². The average molecular weight is 367 g/mol. The predicted molar refractivity (Wildman–Crippen MR) is 71.6 cm³/mol. The van der Waals surface area contributed by atoms with Crippen LogP contribution in [0, 0.1) is 2.88 Å². The minimum absolute atomic E-state index is 1.10. The van der Waals surface area contributed by atoms with Crippen LogP contribution in [-0.4, -0.2) is 0 Å². The quantitative estimate of drug-likeness (QED) is 0.634. The first-order valence-corrected chi connectivity index (χ1v) is 6.77. The third kappa shape index (κ3) is 1.92. The van der Waals surface area contributed by atoms with E-state index in [1.807, 2.05) is 11.3 Å². The van der Waals surface area contributed by atoms with Crippen LogP contribution in [0.1, 0.15) is 12.5 Å². The molecule has 0 fully saturated rings. The molecule has 68 valence electrons. The SMILES string of the molecule is CCc1cc(Br)cc2cc(I)sc12. The molecule has 0 unspecified atom stereocenters. The lowest BCUT2D eigenvalue weighted by Crippen LogP contribution is -1.79. The molecule has 1 aromatic heterocycles. The fourth-order valence-corrected chi connectivity index (χ4v) is 3.89. The van der Waals surface area contributed by atoms with Crippen molar-refractivity contribution in [2.45, 2.75) is 13.3 Å². The van der Waals surface area contributed by atoms with Crippen LogP contribution in [0.4, 0.5) is 0 Å². The highest BCUT2D eigenvalue weighted by Gasteiger charge is 2.05. The van der Waals surface area contributed by atoms with Gasteiger partial charge in [0.05, 0.1) is 2.88 Å². The minimum atomic E-state index is 1.10. The second-order valence-corrected chi connectivity index (χ2v) is 6.75. The molecule has 3 heteroatoms. The summed E-state index contributed by atoms with van der Waals surface area (Å²) in [6.07, 6.45) is 1.10. The van der Waals surface area contributed by atoms with Gasteiger partial charge in [-0.3, -0.25) is 0 Å². The Labute approximate surface area is 104 Å². The third-order valence-electron chi connectivity index (χ3n) is 2.01. The van der Waals surface area contributed by atoms with Gasteiger partial charge in [0.1, 0.15) is 0 Å². The molecule has 0 amide bonds. The van der Waals surface area contributed by atoms with Crippen molar-refractivity contribution >= 4 is 59.9 Å². The predicted octanol–water partition coefficient (Wildman–Crippen LogP) is 4.83. The molecule has 0 aliphatic heterocycles. The molecule has 0 nitrogen and oxygen atoms in total. The van der Waals surface area contributed by atoms with Crippen molar-refractivity contribution in [1.29, 1.82) is 0 Å². The molecular weight excluding hydrogens is 359 g/mol. The number of halogens is 2. The highest BCUT2D eigenvalue weighted by atomic mass is 127. The van der Waals surface area contributed by atoms with Crippen LogP contribution in [0.5, 0.6) is 0 Å². The molecule has 0 N–H and O–H groups in total. The summed E-state index contributed by atoms with van der Waals surface area (Å²) >= 11 is 7.79. The van der Waals surface area contributed by atoms with Crippen LogP contribution in [0.3, 0.4) is 0 Å². The summed E-state index contributed by atoms with van der Waals surface area (Å²) in [5.74, 6) is 0. The molecule has 0 atom stereocenters. The Morgan fingerprint density at radius 1 is 1.38 bits per heavy atom. The first-order valence-electron chi connectivity index (χ1n) is 4.08. The molecule has 1 heterocycles. The first kappa shape index (κ1) is 9.93. The van der Waals surface area contributed by atoms with Gasteiger partial charge in [0.25, 0.3) is 0 Å². The molecule has 13 heavy (non-hydrogen) atoms.